The van der Waals surface area contributed by atoms with E-state index in [0.717, 1.165) is 11.1 Å². The van der Waals surface area contributed by atoms with E-state index < -0.39 is 8.07 Å². The van der Waals surface area contributed by atoms with Gasteiger partial charge in [0.2, 0.25) is 0 Å². The molecular formula is C23H26O2SSi. The zero-order valence-corrected chi connectivity index (χ0v) is 18.5. The van der Waals surface area contributed by atoms with Gasteiger partial charge in [0.25, 0.3) is 0 Å². The van der Waals surface area contributed by atoms with Crippen LogP contribution in [0.25, 0.3) is 0 Å². The number of benzene rings is 2. The number of rotatable bonds is 6. The summed E-state index contributed by atoms with van der Waals surface area (Å²) in [5.74, 6) is 11.4. The third-order valence-electron chi connectivity index (χ3n) is 3.99. The Balaban J connectivity index is 2.15. The van der Waals surface area contributed by atoms with Crippen molar-refractivity contribution in [3.8, 4) is 35.7 Å². The van der Waals surface area contributed by atoms with Gasteiger partial charge >= 0.3 is 0 Å². The Morgan fingerprint density at radius 2 is 1.52 bits per heavy atom. The lowest BCUT2D eigenvalue weighted by atomic mass is 10.1. The van der Waals surface area contributed by atoms with Crippen molar-refractivity contribution >= 4 is 19.8 Å². The van der Waals surface area contributed by atoms with Crippen LogP contribution in [0, 0.1) is 24.2 Å². The van der Waals surface area contributed by atoms with Gasteiger partial charge in [-0.2, -0.15) is 0 Å². The summed E-state index contributed by atoms with van der Waals surface area (Å²) in [6.07, 6.45) is 5.52. The fourth-order valence-corrected chi connectivity index (χ4v) is 5.78. The molecule has 0 amide bonds. The summed E-state index contributed by atoms with van der Waals surface area (Å²) in [4.78, 5) is 1.29. The van der Waals surface area contributed by atoms with E-state index in [1.165, 1.54) is 16.7 Å². The molecule has 2 rings (SSSR count). The first kappa shape index (κ1) is 21.0. The molecule has 0 unspecified atom stereocenters. The van der Waals surface area contributed by atoms with Crippen LogP contribution < -0.4 is 9.47 Å². The van der Waals surface area contributed by atoms with Crippen LogP contribution in [0.2, 0.25) is 25.7 Å². The average Bonchev–Trinajstić information content (AvgIpc) is 2.65. The zero-order valence-electron chi connectivity index (χ0n) is 16.7. The van der Waals surface area contributed by atoms with Crippen LogP contribution in [-0.2, 0) is 0 Å². The number of methoxy groups -OCH3 is 2. The van der Waals surface area contributed by atoms with Crippen molar-refractivity contribution in [3.63, 3.8) is 0 Å². The van der Waals surface area contributed by atoms with Crippen LogP contribution in [0.5, 0.6) is 11.5 Å². The van der Waals surface area contributed by atoms with Gasteiger partial charge in [0.1, 0.15) is 11.5 Å². The molecule has 0 N–H and O–H groups in total. The number of ether oxygens (including phenoxy) is 2. The van der Waals surface area contributed by atoms with E-state index in [4.69, 9.17) is 15.9 Å². The molecule has 0 fully saturated rings. The van der Waals surface area contributed by atoms with Gasteiger partial charge in [0, 0.05) is 30.7 Å². The van der Waals surface area contributed by atoms with Crippen molar-refractivity contribution in [2.75, 3.05) is 20.0 Å². The van der Waals surface area contributed by atoms with E-state index in [2.05, 4.69) is 61.7 Å². The highest BCUT2D eigenvalue weighted by Gasteiger charge is 2.12. The first-order chi connectivity index (χ1) is 12.9. The minimum absolute atomic E-state index is 0.622. The highest BCUT2D eigenvalue weighted by molar-refractivity contribution is 7.99. The molecule has 0 aliphatic rings. The molecule has 0 aromatic heterocycles. The topological polar surface area (TPSA) is 18.5 Å². The summed E-state index contributed by atoms with van der Waals surface area (Å²) in [6, 6.07) is 13.3. The second kappa shape index (κ2) is 9.60. The molecular weight excluding hydrogens is 368 g/mol. The molecule has 0 bridgehead atoms. The number of hydrogen-bond acceptors (Lipinski definition) is 3. The summed E-state index contributed by atoms with van der Waals surface area (Å²) < 4.78 is 10.8. The Hall–Kier alpha value is -2.27. The van der Waals surface area contributed by atoms with Gasteiger partial charge in [-0.1, -0.05) is 37.4 Å². The van der Waals surface area contributed by atoms with Crippen molar-refractivity contribution in [2.24, 2.45) is 0 Å². The lowest BCUT2D eigenvalue weighted by Crippen LogP contribution is -2.19. The maximum Gasteiger partial charge on any atom is 0.136 e. The van der Waals surface area contributed by atoms with Crippen LogP contribution >= 0.6 is 11.8 Å². The second-order valence-corrected chi connectivity index (χ2v) is 14.1. The quantitative estimate of drug-likeness (QED) is 0.365. The maximum atomic E-state index is 5.52. The van der Waals surface area contributed by atoms with Crippen LogP contribution in [0.1, 0.15) is 16.7 Å². The Kier molecular flexibility index (Phi) is 7.48. The van der Waals surface area contributed by atoms with Crippen molar-refractivity contribution in [1.29, 1.82) is 0 Å². The number of thioether (sulfide) groups is 1. The molecule has 2 nitrogen and oxygen atoms in total. The normalized spacial score (nSPS) is 10.5. The van der Waals surface area contributed by atoms with Crippen LogP contribution in [0.15, 0.2) is 41.3 Å². The SMILES string of the molecule is C#Cc1cc(OC)c(C#Cc2ccc(SCC[Si](C)(C)C)cc2)cc1OC. The molecule has 0 saturated heterocycles. The Morgan fingerprint density at radius 1 is 0.926 bits per heavy atom. The lowest BCUT2D eigenvalue weighted by molar-refractivity contribution is 0.401. The molecule has 0 heterocycles. The molecule has 140 valence electrons. The van der Waals surface area contributed by atoms with Crippen LogP contribution in [0.4, 0.5) is 0 Å². The molecule has 27 heavy (non-hydrogen) atoms. The summed E-state index contributed by atoms with van der Waals surface area (Å²) in [7, 11) is 2.23. The number of hydrogen-bond donors (Lipinski definition) is 0. The molecule has 2 aromatic rings. The smallest absolute Gasteiger partial charge is 0.136 e. The molecule has 0 atom stereocenters. The van der Waals surface area contributed by atoms with E-state index in [1.807, 2.05) is 17.8 Å². The van der Waals surface area contributed by atoms with Crippen LogP contribution in [0.3, 0.4) is 0 Å². The fraction of sp³-hybridized carbons (Fsp3) is 0.304. The van der Waals surface area contributed by atoms with Crippen molar-refractivity contribution in [2.45, 2.75) is 30.6 Å². The van der Waals surface area contributed by atoms with Gasteiger partial charge in [-0.15, -0.1) is 18.2 Å². The third kappa shape index (κ3) is 6.43. The third-order valence-corrected chi connectivity index (χ3v) is 7.12. The Morgan fingerprint density at radius 3 is 2.07 bits per heavy atom. The van der Waals surface area contributed by atoms with Gasteiger partial charge < -0.3 is 9.47 Å². The second-order valence-electron chi connectivity index (χ2n) is 7.33. The van der Waals surface area contributed by atoms with E-state index in [1.54, 1.807) is 20.3 Å². The highest BCUT2D eigenvalue weighted by atomic mass is 32.2. The molecule has 0 radical (unpaired) electrons. The average molecular weight is 395 g/mol. The minimum Gasteiger partial charge on any atom is -0.495 e. The highest BCUT2D eigenvalue weighted by Crippen LogP contribution is 2.28. The standard InChI is InChI=1S/C23H26O2SSi/c1-7-19-16-23(25-3)20(17-22(19)24-2)11-8-18-9-12-21(13-10-18)26-14-15-27(4,5)6/h1,9-10,12-13,16-17H,14-15H2,2-6H3. The monoisotopic (exact) mass is 394 g/mol. The summed E-state index contributed by atoms with van der Waals surface area (Å²) in [5.41, 5.74) is 2.37. The van der Waals surface area contributed by atoms with Crippen molar-refractivity contribution in [3.05, 3.63) is 53.1 Å². The molecule has 2 aromatic carbocycles. The molecule has 0 aliphatic heterocycles. The van der Waals surface area contributed by atoms with Gasteiger partial charge in [-0.25, -0.2) is 0 Å². The van der Waals surface area contributed by atoms with Crippen molar-refractivity contribution in [1.82, 2.24) is 0 Å². The van der Waals surface area contributed by atoms with Gasteiger partial charge in [-0.05, 0) is 36.1 Å². The van der Waals surface area contributed by atoms with Crippen LogP contribution in [-0.4, -0.2) is 28.0 Å². The lowest BCUT2D eigenvalue weighted by Gasteiger charge is -2.14. The Labute approximate surface area is 168 Å². The first-order valence-corrected chi connectivity index (χ1v) is 13.5. The maximum absolute atomic E-state index is 5.52. The molecule has 0 saturated carbocycles. The zero-order chi connectivity index (χ0) is 19.9. The summed E-state index contributed by atoms with van der Waals surface area (Å²) in [6.45, 7) is 7.23. The predicted molar refractivity (Wildman–Crippen MR) is 119 cm³/mol. The molecule has 0 aliphatic carbocycles. The van der Waals surface area contributed by atoms with E-state index in [9.17, 15) is 0 Å². The largest absolute Gasteiger partial charge is 0.495 e. The van der Waals surface area contributed by atoms with Gasteiger partial charge in [0.05, 0.1) is 25.3 Å². The summed E-state index contributed by atoms with van der Waals surface area (Å²) in [5, 5.41) is 0. The number of terminal acetylenes is 1. The van der Waals surface area contributed by atoms with Crippen molar-refractivity contribution < 1.29 is 9.47 Å². The molecule has 0 spiro atoms. The molecule has 4 heteroatoms. The predicted octanol–water partition coefficient (Wildman–Crippen LogP) is 5.52. The van der Waals surface area contributed by atoms with Gasteiger partial charge in [0.15, 0.2) is 0 Å². The fourth-order valence-electron chi connectivity index (χ4n) is 2.36. The Bertz CT molecular complexity index is 878. The van der Waals surface area contributed by atoms with E-state index in [-0.39, 0.29) is 0 Å². The minimum atomic E-state index is -0.974. The summed E-state index contributed by atoms with van der Waals surface area (Å²) >= 11 is 1.92. The van der Waals surface area contributed by atoms with Gasteiger partial charge in [-0.3, -0.25) is 0 Å². The van der Waals surface area contributed by atoms with E-state index in [0.29, 0.717) is 17.1 Å². The first-order valence-electron chi connectivity index (χ1n) is 8.84. The van der Waals surface area contributed by atoms with E-state index >= 15 is 0 Å².